The molecule has 1 atom stereocenters. The number of benzene rings is 1. The van der Waals surface area contributed by atoms with Crippen LogP contribution in [0, 0.1) is 6.92 Å². The highest BCUT2D eigenvalue weighted by atomic mass is 32.2. The van der Waals surface area contributed by atoms with E-state index in [0.717, 1.165) is 5.56 Å². The van der Waals surface area contributed by atoms with Crippen molar-refractivity contribution in [3.63, 3.8) is 0 Å². The maximum atomic E-state index is 13.6. The predicted octanol–water partition coefficient (Wildman–Crippen LogP) is 2.11. The predicted molar refractivity (Wildman–Crippen MR) is 118 cm³/mol. The first-order chi connectivity index (χ1) is 15.1. The Labute approximate surface area is 187 Å². The first-order valence-corrected chi connectivity index (χ1v) is 11.4. The zero-order valence-electron chi connectivity index (χ0n) is 18.1. The molecule has 1 N–H and O–H groups in total. The van der Waals surface area contributed by atoms with Crippen LogP contribution in [0.15, 0.2) is 42.6 Å². The van der Waals surface area contributed by atoms with Crippen molar-refractivity contribution in [2.75, 3.05) is 31.0 Å². The maximum Gasteiger partial charge on any atom is 0.407 e. The second-order valence-electron chi connectivity index (χ2n) is 7.57. The van der Waals surface area contributed by atoms with Crippen molar-refractivity contribution in [2.24, 2.45) is 0 Å². The Balaban J connectivity index is 1.92. The molecule has 1 aromatic carbocycles. The van der Waals surface area contributed by atoms with Crippen LogP contribution in [0.5, 0.6) is 0 Å². The Morgan fingerprint density at radius 2 is 2.00 bits per heavy atom. The molecule has 0 unspecified atom stereocenters. The van der Waals surface area contributed by atoms with Crippen LogP contribution in [0.4, 0.5) is 10.5 Å². The molecule has 0 radical (unpaired) electrons. The number of anilines is 1. The standard InChI is InChI=1S/C21H26N4O6S/c1-15-5-4-6-19(11-15)25(14-18-8-7-17(12-22-18)20(26)31-3)32(29,30)23-9-10-24(21(27)28)16(2)13-23/h4-8,11-12,16H,9-10,13-14H2,1-3H3,(H,27,28)/t16-/m0/s1. The normalized spacial score (nSPS) is 17.1. The summed E-state index contributed by atoms with van der Waals surface area (Å²) in [5.41, 5.74) is 2.07. The van der Waals surface area contributed by atoms with Gasteiger partial charge in [-0.15, -0.1) is 0 Å². The van der Waals surface area contributed by atoms with Crippen molar-refractivity contribution in [3.8, 4) is 0 Å². The van der Waals surface area contributed by atoms with E-state index in [-0.39, 0.29) is 31.7 Å². The van der Waals surface area contributed by atoms with Crippen LogP contribution in [-0.4, -0.2) is 72.6 Å². The number of amides is 1. The van der Waals surface area contributed by atoms with Crippen LogP contribution in [0.3, 0.4) is 0 Å². The van der Waals surface area contributed by atoms with Gasteiger partial charge in [-0.2, -0.15) is 12.7 Å². The van der Waals surface area contributed by atoms with Gasteiger partial charge in [0.1, 0.15) is 0 Å². The quantitative estimate of drug-likeness (QED) is 0.653. The molecule has 1 amide bonds. The van der Waals surface area contributed by atoms with Crippen LogP contribution in [-0.2, 0) is 21.5 Å². The van der Waals surface area contributed by atoms with E-state index in [0.29, 0.717) is 11.4 Å². The van der Waals surface area contributed by atoms with Gasteiger partial charge < -0.3 is 14.7 Å². The smallest absolute Gasteiger partial charge is 0.407 e. The van der Waals surface area contributed by atoms with Crippen molar-refractivity contribution >= 4 is 28.0 Å². The molecule has 3 rings (SSSR count). The zero-order valence-corrected chi connectivity index (χ0v) is 18.9. The van der Waals surface area contributed by atoms with Crippen molar-refractivity contribution < 1.29 is 27.9 Å². The third-order valence-electron chi connectivity index (χ3n) is 5.28. The minimum absolute atomic E-state index is 0.0473. The summed E-state index contributed by atoms with van der Waals surface area (Å²) < 4.78 is 34.5. The summed E-state index contributed by atoms with van der Waals surface area (Å²) in [5, 5.41) is 9.30. The Morgan fingerprint density at radius 1 is 1.25 bits per heavy atom. The second kappa shape index (κ2) is 9.53. The molecule has 1 saturated heterocycles. The number of hydrogen-bond donors (Lipinski definition) is 1. The van der Waals surface area contributed by atoms with Gasteiger partial charge in [-0.3, -0.25) is 9.29 Å². The fraction of sp³-hybridized carbons (Fsp3) is 0.381. The van der Waals surface area contributed by atoms with Crippen LogP contribution in [0.1, 0.15) is 28.5 Å². The van der Waals surface area contributed by atoms with Crippen molar-refractivity contribution in [2.45, 2.75) is 26.4 Å². The Bertz CT molecular complexity index is 1090. The highest BCUT2D eigenvalue weighted by Crippen LogP contribution is 2.26. The van der Waals surface area contributed by atoms with Crippen LogP contribution >= 0.6 is 0 Å². The molecule has 172 valence electrons. The van der Waals surface area contributed by atoms with Gasteiger partial charge in [0.05, 0.1) is 30.6 Å². The zero-order chi connectivity index (χ0) is 23.5. The van der Waals surface area contributed by atoms with E-state index in [4.69, 9.17) is 0 Å². The summed E-state index contributed by atoms with van der Waals surface area (Å²) >= 11 is 0. The van der Waals surface area contributed by atoms with E-state index in [9.17, 15) is 23.1 Å². The Kier molecular flexibility index (Phi) is 6.99. The molecule has 1 aliphatic rings. The molecular formula is C21H26N4O6S. The number of esters is 1. The molecule has 1 fully saturated rings. The summed E-state index contributed by atoms with van der Waals surface area (Å²) in [7, 11) is -2.72. The number of carbonyl (C=O) groups excluding carboxylic acids is 1. The summed E-state index contributed by atoms with van der Waals surface area (Å²) in [6.45, 7) is 3.68. The van der Waals surface area contributed by atoms with Gasteiger partial charge in [0.15, 0.2) is 0 Å². The molecule has 1 aliphatic heterocycles. The van der Waals surface area contributed by atoms with Crippen LogP contribution in [0.2, 0.25) is 0 Å². The minimum atomic E-state index is -3.99. The van der Waals surface area contributed by atoms with E-state index < -0.39 is 28.3 Å². The first kappa shape index (κ1) is 23.5. The van der Waals surface area contributed by atoms with Gasteiger partial charge in [0.2, 0.25) is 0 Å². The average molecular weight is 463 g/mol. The molecule has 32 heavy (non-hydrogen) atoms. The van der Waals surface area contributed by atoms with Crippen molar-refractivity contribution in [3.05, 3.63) is 59.4 Å². The summed E-state index contributed by atoms with van der Waals surface area (Å²) in [4.78, 5) is 28.5. The number of nitrogens with zero attached hydrogens (tertiary/aromatic N) is 4. The number of piperazine rings is 1. The van der Waals surface area contributed by atoms with E-state index in [1.807, 2.05) is 13.0 Å². The van der Waals surface area contributed by atoms with Crippen LogP contribution in [0.25, 0.3) is 0 Å². The lowest BCUT2D eigenvalue weighted by atomic mass is 10.2. The average Bonchev–Trinajstić information content (AvgIpc) is 2.76. The third-order valence-corrected chi connectivity index (χ3v) is 7.16. The number of rotatable bonds is 6. The monoisotopic (exact) mass is 462 g/mol. The largest absolute Gasteiger partial charge is 0.465 e. The molecule has 10 nitrogen and oxygen atoms in total. The topological polar surface area (TPSA) is 120 Å². The highest BCUT2D eigenvalue weighted by Gasteiger charge is 2.37. The van der Waals surface area contributed by atoms with Crippen LogP contribution < -0.4 is 4.31 Å². The molecule has 2 aromatic rings. The highest BCUT2D eigenvalue weighted by molar-refractivity contribution is 7.90. The lowest BCUT2D eigenvalue weighted by Gasteiger charge is -2.39. The molecule has 2 heterocycles. The Hall–Kier alpha value is -3.18. The Morgan fingerprint density at radius 3 is 2.56 bits per heavy atom. The van der Waals surface area contributed by atoms with E-state index in [2.05, 4.69) is 9.72 Å². The lowest BCUT2D eigenvalue weighted by molar-refractivity contribution is 0.0600. The molecule has 0 spiro atoms. The molecular weight excluding hydrogens is 436 g/mol. The molecule has 1 aromatic heterocycles. The van der Waals surface area contributed by atoms with Gasteiger partial charge in [-0.1, -0.05) is 12.1 Å². The van der Waals surface area contributed by atoms with Crippen molar-refractivity contribution in [1.29, 1.82) is 0 Å². The summed E-state index contributed by atoms with van der Waals surface area (Å²) in [6, 6.07) is 9.73. The van der Waals surface area contributed by atoms with Crippen molar-refractivity contribution in [1.82, 2.24) is 14.2 Å². The van der Waals surface area contributed by atoms with E-state index in [1.54, 1.807) is 31.2 Å². The van der Waals surface area contributed by atoms with Gasteiger partial charge >= 0.3 is 22.3 Å². The summed E-state index contributed by atoms with van der Waals surface area (Å²) in [5.74, 6) is -0.530. The summed E-state index contributed by atoms with van der Waals surface area (Å²) in [6.07, 6.45) is 0.274. The maximum absolute atomic E-state index is 13.6. The second-order valence-corrected chi connectivity index (χ2v) is 9.42. The third kappa shape index (κ3) is 5.00. The number of ether oxygens (including phenoxy) is 1. The van der Waals surface area contributed by atoms with Gasteiger partial charge in [0.25, 0.3) is 0 Å². The number of methoxy groups -OCH3 is 1. The van der Waals surface area contributed by atoms with Gasteiger partial charge in [0, 0.05) is 31.9 Å². The SMILES string of the molecule is COC(=O)c1ccc(CN(c2cccc(C)c2)S(=O)(=O)N2CCN(C(=O)O)[C@@H](C)C2)nc1. The lowest BCUT2D eigenvalue weighted by Crippen LogP contribution is -2.57. The van der Waals surface area contributed by atoms with Gasteiger partial charge in [-0.05, 0) is 43.7 Å². The van der Waals surface area contributed by atoms with Gasteiger partial charge in [-0.25, -0.2) is 9.59 Å². The fourth-order valence-corrected chi connectivity index (χ4v) is 5.22. The first-order valence-electron chi connectivity index (χ1n) is 10.0. The number of carboxylic acid groups (broad SMARTS) is 1. The minimum Gasteiger partial charge on any atom is -0.465 e. The van der Waals surface area contributed by atoms with E-state index >= 15 is 0 Å². The number of pyridine rings is 1. The molecule has 0 aliphatic carbocycles. The fourth-order valence-electron chi connectivity index (χ4n) is 3.55. The molecule has 0 saturated carbocycles. The number of carbonyl (C=O) groups is 2. The number of hydrogen-bond acceptors (Lipinski definition) is 6. The number of aryl methyl sites for hydroxylation is 1. The van der Waals surface area contributed by atoms with E-state index in [1.165, 1.54) is 32.9 Å². The molecule has 0 bridgehead atoms. The molecule has 11 heteroatoms. The number of aromatic nitrogens is 1.